The van der Waals surface area contributed by atoms with Crippen LogP contribution in [0.4, 0.5) is 0 Å². The number of rotatable bonds is 4. The van der Waals surface area contributed by atoms with Crippen molar-refractivity contribution < 1.29 is 14.3 Å². The second-order valence-electron chi connectivity index (χ2n) is 6.45. The molecule has 0 aliphatic rings. The highest BCUT2D eigenvalue weighted by Crippen LogP contribution is 2.23. The van der Waals surface area contributed by atoms with E-state index >= 15 is 0 Å². The molecule has 0 fully saturated rings. The van der Waals surface area contributed by atoms with Gasteiger partial charge in [-0.25, -0.2) is 0 Å². The maximum Gasteiger partial charge on any atom is 0.306 e. The van der Waals surface area contributed by atoms with Gasteiger partial charge in [-0.05, 0) is 39.9 Å². The van der Waals surface area contributed by atoms with Gasteiger partial charge in [0, 0.05) is 0 Å². The van der Waals surface area contributed by atoms with E-state index in [0.29, 0.717) is 13.0 Å². The average Bonchev–Trinajstić information content (AvgIpc) is 2.42. The molecule has 2 aromatic carbocycles. The summed E-state index contributed by atoms with van der Waals surface area (Å²) in [7, 11) is 1.66. The molecule has 0 aliphatic carbocycles. The van der Waals surface area contributed by atoms with Gasteiger partial charge in [-0.15, -0.1) is 0 Å². The Kier molecular flexibility index (Phi) is 4.51. The van der Waals surface area contributed by atoms with Crippen molar-refractivity contribution in [3.8, 4) is 5.75 Å². The molecule has 21 heavy (non-hydrogen) atoms. The highest BCUT2D eigenvalue weighted by Gasteiger charge is 2.16. The van der Waals surface area contributed by atoms with E-state index in [4.69, 9.17) is 9.47 Å². The molecule has 0 amide bonds. The maximum atomic E-state index is 11.7. The Morgan fingerprint density at radius 2 is 1.71 bits per heavy atom. The molecule has 0 spiro atoms. The Balaban J connectivity index is 2.04. The average molecular weight is 286 g/mol. The molecular formula is C18H22O3. The molecule has 3 nitrogen and oxygen atoms in total. The number of carbonyl (C=O) groups is 1. The predicted octanol–water partition coefficient (Wildman–Crippen LogP) is 4.33. The van der Waals surface area contributed by atoms with Crippen LogP contribution in [0.5, 0.6) is 5.75 Å². The summed E-state index contributed by atoms with van der Waals surface area (Å²) in [4.78, 5) is 11.7. The number of hydrogen-bond acceptors (Lipinski definition) is 3. The first-order valence-corrected chi connectivity index (χ1v) is 7.10. The lowest BCUT2D eigenvalue weighted by molar-refractivity contribution is -0.147. The molecule has 0 bridgehead atoms. The number of benzene rings is 2. The van der Waals surface area contributed by atoms with Gasteiger partial charge in [0.2, 0.25) is 0 Å². The van der Waals surface area contributed by atoms with E-state index in [2.05, 4.69) is 0 Å². The Morgan fingerprint density at radius 1 is 1.05 bits per heavy atom. The third-order valence-electron chi connectivity index (χ3n) is 3.19. The summed E-state index contributed by atoms with van der Waals surface area (Å²) in [6.45, 7) is 6.39. The monoisotopic (exact) mass is 286 g/mol. The molecule has 2 aromatic rings. The summed E-state index contributed by atoms with van der Waals surface area (Å²) < 4.78 is 10.5. The minimum absolute atomic E-state index is 0.0446. The van der Waals surface area contributed by atoms with Crippen LogP contribution in [0.3, 0.4) is 0 Å². The zero-order valence-electron chi connectivity index (χ0n) is 13.1. The molecule has 2 rings (SSSR count). The largest absolute Gasteiger partial charge is 0.497 e. The normalized spacial score (nSPS) is 11.4. The van der Waals surface area contributed by atoms with Crippen LogP contribution in [0, 0.1) is 5.41 Å². The van der Waals surface area contributed by atoms with E-state index in [1.165, 1.54) is 0 Å². The first-order valence-electron chi connectivity index (χ1n) is 7.10. The Hall–Kier alpha value is -2.03. The second-order valence-corrected chi connectivity index (χ2v) is 6.45. The summed E-state index contributed by atoms with van der Waals surface area (Å²) in [6.07, 6.45) is 0.428. The van der Waals surface area contributed by atoms with Crippen molar-refractivity contribution in [2.45, 2.75) is 33.8 Å². The third-order valence-corrected chi connectivity index (χ3v) is 3.19. The highest BCUT2D eigenvalue weighted by atomic mass is 16.5. The fourth-order valence-corrected chi connectivity index (χ4v) is 2.14. The van der Waals surface area contributed by atoms with Gasteiger partial charge in [0.15, 0.2) is 0 Å². The van der Waals surface area contributed by atoms with E-state index in [1.54, 1.807) is 7.11 Å². The topological polar surface area (TPSA) is 35.5 Å². The number of ether oxygens (including phenoxy) is 2. The molecule has 0 radical (unpaired) electrons. The van der Waals surface area contributed by atoms with Gasteiger partial charge in [0.05, 0.1) is 13.5 Å². The number of methoxy groups -OCH3 is 1. The number of carbonyl (C=O) groups excluding carboxylic acids is 1. The van der Waals surface area contributed by atoms with Crippen molar-refractivity contribution in [2.24, 2.45) is 5.41 Å². The fourth-order valence-electron chi connectivity index (χ4n) is 2.14. The summed E-state index contributed by atoms with van der Waals surface area (Å²) >= 11 is 0. The Bertz CT molecular complexity index is 638. The second kappa shape index (κ2) is 6.17. The smallest absolute Gasteiger partial charge is 0.306 e. The van der Waals surface area contributed by atoms with E-state index in [1.807, 2.05) is 57.2 Å². The van der Waals surface area contributed by atoms with E-state index in [-0.39, 0.29) is 11.4 Å². The van der Waals surface area contributed by atoms with Crippen molar-refractivity contribution in [2.75, 3.05) is 7.11 Å². The zero-order valence-corrected chi connectivity index (χ0v) is 13.1. The fraction of sp³-hybridized carbons (Fsp3) is 0.389. The maximum absolute atomic E-state index is 11.7. The van der Waals surface area contributed by atoms with Crippen LogP contribution in [0.2, 0.25) is 0 Å². The van der Waals surface area contributed by atoms with Gasteiger partial charge < -0.3 is 9.47 Å². The van der Waals surface area contributed by atoms with Crippen LogP contribution in [-0.4, -0.2) is 13.1 Å². The summed E-state index contributed by atoms with van der Waals surface area (Å²) in [5, 5.41) is 2.22. The lowest BCUT2D eigenvalue weighted by atomic mass is 9.92. The molecule has 0 aromatic heterocycles. The molecule has 0 saturated heterocycles. The van der Waals surface area contributed by atoms with E-state index in [0.717, 1.165) is 22.1 Å². The molecular weight excluding hydrogens is 264 g/mol. The molecule has 0 saturated carbocycles. The number of fused-ring (bicyclic) bond motifs is 1. The Morgan fingerprint density at radius 3 is 2.38 bits per heavy atom. The minimum atomic E-state index is -0.155. The third kappa shape index (κ3) is 4.48. The lowest BCUT2D eigenvalue weighted by Gasteiger charge is -2.16. The van der Waals surface area contributed by atoms with Crippen LogP contribution in [0.25, 0.3) is 10.8 Å². The van der Waals surface area contributed by atoms with Crippen molar-refractivity contribution in [1.29, 1.82) is 0 Å². The lowest BCUT2D eigenvalue weighted by Crippen LogP contribution is -2.15. The minimum Gasteiger partial charge on any atom is -0.497 e. The quantitative estimate of drug-likeness (QED) is 0.785. The number of esters is 1. The number of hydrogen-bond donors (Lipinski definition) is 0. The molecule has 0 heterocycles. The van der Waals surface area contributed by atoms with Gasteiger partial charge >= 0.3 is 5.97 Å². The zero-order chi connectivity index (χ0) is 15.5. The van der Waals surface area contributed by atoms with Crippen LogP contribution >= 0.6 is 0 Å². The van der Waals surface area contributed by atoms with Crippen LogP contribution in [0.1, 0.15) is 32.8 Å². The summed E-state index contributed by atoms with van der Waals surface area (Å²) in [6, 6.07) is 12.0. The van der Waals surface area contributed by atoms with E-state index in [9.17, 15) is 4.79 Å². The first-order chi connectivity index (χ1) is 9.87. The van der Waals surface area contributed by atoms with E-state index < -0.39 is 0 Å². The van der Waals surface area contributed by atoms with Crippen molar-refractivity contribution in [3.63, 3.8) is 0 Å². The molecule has 112 valence electrons. The molecule has 0 atom stereocenters. The SMILES string of the molecule is COc1ccc2cc(COC(=O)CC(C)(C)C)ccc2c1. The van der Waals surface area contributed by atoms with Crippen LogP contribution in [-0.2, 0) is 16.1 Å². The van der Waals surface area contributed by atoms with Gasteiger partial charge in [0.1, 0.15) is 12.4 Å². The molecule has 3 heteroatoms. The molecule has 0 aliphatic heterocycles. The van der Waals surface area contributed by atoms with Crippen LogP contribution < -0.4 is 4.74 Å². The van der Waals surface area contributed by atoms with Gasteiger partial charge in [-0.3, -0.25) is 4.79 Å². The van der Waals surface area contributed by atoms with Gasteiger partial charge in [-0.1, -0.05) is 39.0 Å². The molecule has 0 N–H and O–H groups in total. The van der Waals surface area contributed by atoms with Crippen molar-refractivity contribution in [1.82, 2.24) is 0 Å². The van der Waals surface area contributed by atoms with Crippen LogP contribution in [0.15, 0.2) is 36.4 Å². The van der Waals surface area contributed by atoms with Gasteiger partial charge in [-0.2, -0.15) is 0 Å². The summed E-state index contributed by atoms with van der Waals surface area (Å²) in [5.74, 6) is 0.684. The van der Waals surface area contributed by atoms with Crippen molar-refractivity contribution in [3.05, 3.63) is 42.0 Å². The first kappa shape index (κ1) is 15.4. The molecule has 0 unspecified atom stereocenters. The Labute approximate surface area is 125 Å². The predicted molar refractivity (Wildman–Crippen MR) is 84.4 cm³/mol. The standard InChI is InChI=1S/C18H22O3/c1-18(2,3)11-17(19)21-12-13-5-6-15-10-16(20-4)8-7-14(15)9-13/h5-10H,11-12H2,1-4H3. The summed E-state index contributed by atoms with van der Waals surface area (Å²) in [5.41, 5.74) is 0.951. The highest BCUT2D eigenvalue weighted by molar-refractivity contribution is 5.84. The van der Waals surface area contributed by atoms with Crippen molar-refractivity contribution >= 4 is 16.7 Å². The van der Waals surface area contributed by atoms with Gasteiger partial charge in [0.25, 0.3) is 0 Å².